The van der Waals surface area contributed by atoms with Gasteiger partial charge in [0.05, 0.1) is 33.5 Å². The highest BCUT2D eigenvalue weighted by atomic mass is 16.5. The molecular formula is C12H17NO3. The van der Waals surface area contributed by atoms with E-state index < -0.39 is 0 Å². The molecule has 0 unspecified atom stereocenters. The second-order valence-corrected chi connectivity index (χ2v) is 3.77. The van der Waals surface area contributed by atoms with Crippen molar-refractivity contribution >= 4 is 0 Å². The normalized spacial score (nSPS) is 15.6. The summed E-state index contributed by atoms with van der Waals surface area (Å²) in [6, 6.07) is 6.37. The van der Waals surface area contributed by atoms with Gasteiger partial charge in [0, 0.05) is 12.1 Å². The molecule has 0 atom stereocenters. The second kappa shape index (κ2) is 5.18. The van der Waals surface area contributed by atoms with Gasteiger partial charge in [-0.1, -0.05) is 12.1 Å². The molecule has 1 heterocycles. The summed E-state index contributed by atoms with van der Waals surface area (Å²) in [5, 5.41) is 3.40. The monoisotopic (exact) mass is 223 g/mol. The van der Waals surface area contributed by atoms with Gasteiger partial charge in [-0.3, -0.25) is 0 Å². The molecule has 0 aromatic heterocycles. The second-order valence-electron chi connectivity index (χ2n) is 3.77. The van der Waals surface area contributed by atoms with Crippen molar-refractivity contribution in [3.8, 4) is 11.5 Å². The van der Waals surface area contributed by atoms with Crippen LogP contribution in [0.2, 0.25) is 0 Å². The van der Waals surface area contributed by atoms with Crippen molar-refractivity contribution in [1.29, 1.82) is 0 Å². The molecule has 1 saturated heterocycles. The number of nitrogens with one attached hydrogen (secondary N) is 1. The van der Waals surface area contributed by atoms with E-state index in [0.717, 1.165) is 36.8 Å². The van der Waals surface area contributed by atoms with Crippen LogP contribution in [0, 0.1) is 0 Å². The van der Waals surface area contributed by atoms with Crippen molar-refractivity contribution in [2.24, 2.45) is 0 Å². The van der Waals surface area contributed by atoms with Crippen LogP contribution in [0.1, 0.15) is 5.56 Å². The van der Waals surface area contributed by atoms with Gasteiger partial charge >= 0.3 is 0 Å². The first kappa shape index (κ1) is 11.2. The Hall–Kier alpha value is -1.26. The Kier molecular flexibility index (Phi) is 3.64. The van der Waals surface area contributed by atoms with Crippen molar-refractivity contribution in [3.63, 3.8) is 0 Å². The lowest BCUT2D eigenvalue weighted by atomic mass is 10.1. The SMILES string of the molecule is COc1cccc(CNC2COC2)c1OC. The van der Waals surface area contributed by atoms with Gasteiger partial charge in [0.2, 0.25) is 0 Å². The third-order valence-electron chi connectivity index (χ3n) is 2.70. The zero-order chi connectivity index (χ0) is 11.4. The summed E-state index contributed by atoms with van der Waals surface area (Å²) in [6.45, 7) is 2.37. The molecule has 1 fully saturated rings. The van der Waals surface area contributed by atoms with E-state index in [1.54, 1.807) is 14.2 Å². The highest BCUT2D eigenvalue weighted by Crippen LogP contribution is 2.30. The van der Waals surface area contributed by atoms with E-state index in [4.69, 9.17) is 14.2 Å². The van der Waals surface area contributed by atoms with E-state index in [1.807, 2.05) is 18.2 Å². The Morgan fingerprint density at radius 3 is 2.69 bits per heavy atom. The lowest BCUT2D eigenvalue weighted by molar-refractivity contribution is -0.00585. The first-order valence-electron chi connectivity index (χ1n) is 5.36. The average Bonchev–Trinajstić information content (AvgIpc) is 2.26. The fourth-order valence-corrected chi connectivity index (χ4v) is 1.70. The summed E-state index contributed by atoms with van der Waals surface area (Å²) in [6.07, 6.45) is 0. The van der Waals surface area contributed by atoms with Crippen LogP contribution in [0.15, 0.2) is 18.2 Å². The third-order valence-corrected chi connectivity index (χ3v) is 2.70. The van der Waals surface area contributed by atoms with Crippen molar-refractivity contribution in [2.45, 2.75) is 12.6 Å². The van der Waals surface area contributed by atoms with Crippen molar-refractivity contribution in [2.75, 3.05) is 27.4 Å². The molecule has 0 bridgehead atoms. The van der Waals surface area contributed by atoms with E-state index in [-0.39, 0.29) is 0 Å². The number of benzene rings is 1. The maximum absolute atomic E-state index is 5.36. The maximum atomic E-state index is 5.36. The Morgan fingerprint density at radius 1 is 1.31 bits per heavy atom. The highest BCUT2D eigenvalue weighted by Gasteiger charge is 2.18. The fourth-order valence-electron chi connectivity index (χ4n) is 1.70. The van der Waals surface area contributed by atoms with Crippen LogP contribution in [-0.2, 0) is 11.3 Å². The summed E-state index contributed by atoms with van der Waals surface area (Å²) in [5.41, 5.74) is 1.11. The number of rotatable bonds is 5. The smallest absolute Gasteiger partial charge is 0.165 e. The van der Waals surface area contributed by atoms with Crippen LogP contribution in [0.3, 0.4) is 0 Å². The minimum atomic E-state index is 0.468. The van der Waals surface area contributed by atoms with Crippen LogP contribution in [0.5, 0.6) is 11.5 Å². The van der Waals surface area contributed by atoms with E-state index >= 15 is 0 Å². The van der Waals surface area contributed by atoms with Crippen LogP contribution in [0.25, 0.3) is 0 Å². The molecule has 0 amide bonds. The van der Waals surface area contributed by atoms with Crippen LogP contribution >= 0.6 is 0 Å². The molecule has 0 aliphatic carbocycles. The summed E-state index contributed by atoms with van der Waals surface area (Å²) >= 11 is 0. The first-order valence-corrected chi connectivity index (χ1v) is 5.36. The molecule has 0 saturated carbocycles. The average molecular weight is 223 g/mol. The Morgan fingerprint density at radius 2 is 2.12 bits per heavy atom. The number of para-hydroxylation sites is 1. The molecule has 1 aliphatic heterocycles. The van der Waals surface area contributed by atoms with Gasteiger partial charge in [0.1, 0.15) is 0 Å². The molecule has 2 rings (SSSR count). The Labute approximate surface area is 95.5 Å². The molecule has 88 valence electrons. The van der Waals surface area contributed by atoms with Gasteiger partial charge < -0.3 is 19.5 Å². The van der Waals surface area contributed by atoms with E-state index in [0.29, 0.717) is 6.04 Å². The molecule has 0 radical (unpaired) electrons. The van der Waals surface area contributed by atoms with Crippen molar-refractivity contribution in [1.82, 2.24) is 5.32 Å². The lowest BCUT2D eigenvalue weighted by Gasteiger charge is -2.27. The van der Waals surface area contributed by atoms with Crippen LogP contribution in [-0.4, -0.2) is 33.5 Å². The van der Waals surface area contributed by atoms with Gasteiger partial charge in [-0.05, 0) is 6.07 Å². The van der Waals surface area contributed by atoms with Crippen molar-refractivity contribution in [3.05, 3.63) is 23.8 Å². The maximum Gasteiger partial charge on any atom is 0.165 e. The largest absolute Gasteiger partial charge is 0.493 e. The molecule has 1 N–H and O–H groups in total. The zero-order valence-corrected chi connectivity index (χ0v) is 9.66. The van der Waals surface area contributed by atoms with E-state index in [1.165, 1.54) is 0 Å². The standard InChI is InChI=1S/C12H17NO3/c1-14-11-5-3-4-9(12(11)15-2)6-13-10-7-16-8-10/h3-5,10,13H,6-8H2,1-2H3. The Bertz CT molecular complexity index is 350. The summed E-state index contributed by atoms with van der Waals surface area (Å²) < 4.78 is 15.7. The molecule has 0 spiro atoms. The van der Waals surface area contributed by atoms with Crippen LogP contribution in [0.4, 0.5) is 0 Å². The van der Waals surface area contributed by atoms with Gasteiger partial charge in [0.15, 0.2) is 11.5 Å². The van der Waals surface area contributed by atoms with Gasteiger partial charge in [-0.25, -0.2) is 0 Å². The number of methoxy groups -OCH3 is 2. The number of ether oxygens (including phenoxy) is 3. The first-order chi connectivity index (χ1) is 7.85. The van der Waals surface area contributed by atoms with Crippen LogP contribution < -0.4 is 14.8 Å². The summed E-state index contributed by atoms with van der Waals surface area (Å²) in [4.78, 5) is 0. The molecule has 1 aromatic carbocycles. The lowest BCUT2D eigenvalue weighted by Crippen LogP contribution is -2.45. The Balaban J connectivity index is 2.05. The zero-order valence-electron chi connectivity index (χ0n) is 9.66. The van der Waals surface area contributed by atoms with E-state index in [2.05, 4.69) is 5.32 Å². The highest BCUT2D eigenvalue weighted by molar-refractivity contribution is 5.46. The summed E-state index contributed by atoms with van der Waals surface area (Å²) in [5.74, 6) is 1.57. The minimum absolute atomic E-state index is 0.468. The molecule has 4 nitrogen and oxygen atoms in total. The molecule has 16 heavy (non-hydrogen) atoms. The van der Waals surface area contributed by atoms with Gasteiger partial charge in [0.25, 0.3) is 0 Å². The predicted molar refractivity (Wildman–Crippen MR) is 61.0 cm³/mol. The van der Waals surface area contributed by atoms with Gasteiger partial charge in [-0.2, -0.15) is 0 Å². The number of hydrogen-bond donors (Lipinski definition) is 1. The van der Waals surface area contributed by atoms with E-state index in [9.17, 15) is 0 Å². The molecule has 4 heteroatoms. The molecular weight excluding hydrogens is 206 g/mol. The number of hydrogen-bond acceptors (Lipinski definition) is 4. The molecule has 1 aliphatic rings. The third kappa shape index (κ3) is 2.28. The topological polar surface area (TPSA) is 39.7 Å². The fraction of sp³-hybridized carbons (Fsp3) is 0.500. The molecule has 1 aromatic rings. The van der Waals surface area contributed by atoms with Crippen molar-refractivity contribution < 1.29 is 14.2 Å². The van der Waals surface area contributed by atoms with Gasteiger partial charge in [-0.15, -0.1) is 0 Å². The quantitative estimate of drug-likeness (QED) is 0.814. The predicted octanol–water partition coefficient (Wildman–Crippen LogP) is 1.19. The summed E-state index contributed by atoms with van der Waals surface area (Å²) in [7, 11) is 3.31. The minimum Gasteiger partial charge on any atom is -0.493 e.